The summed E-state index contributed by atoms with van der Waals surface area (Å²) in [6, 6.07) is 3.13. The largest absolute Gasteiger partial charge is 0.399 e. The van der Waals surface area contributed by atoms with Crippen molar-refractivity contribution < 1.29 is 9.59 Å². The first-order chi connectivity index (χ1) is 9.40. The smallest absolute Gasteiger partial charge is 0.250 e. The second kappa shape index (κ2) is 5.58. The summed E-state index contributed by atoms with van der Waals surface area (Å²) in [5.41, 5.74) is 12.4. The number of hydrogen-bond acceptors (Lipinski definition) is 4. The molecule has 0 atom stereocenters. The average molecular weight is 297 g/mol. The number of amides is 2. The normalized spacial score (nSPS) is 15.3. The van der Waals surface area contributed by atoms with E-state index < -0.39 is 5.91 Å². The van der Waals surface area contributed by atoms with E-state index in [0.29, 0.717) is 48.1 Å². The van der Waals surface area contributed by atoms with Gasteiger partial charge in [0.25, 0.3) is 5.91 Å². The van der Waals surface area contributed by atoms with Crippen LogP contribution in [0.5, 0.6) is 0 Å². The van der Waals surface area contributed by atoms with Gasteiger partial charge in [-0.1, -0.05) is 11.6 Å². The molecular weight excluding hydrogens is 280 g/mol. The van der Waals surface area contributed by atoms with Crippen molar-refractivity contribution in [2.75, 3.05) is 36.8 Å². The van der Waals surface area contributed by atoms with Gasteiger partial charge >= 0.3 is 0 Å². The predicted molar refractivity (Wildman–Crippen MR) is 78.8 cm³/mol. The van der Waals surface area contributed by atoms with Crippen molar-refractivity contribution in [2.24, 2.45) is 5.73 Å². The summed E-state index contributed by atoms with van der Waals surface area (Å²) in [5, 5.41) is 0.398. The van der Waals surface area contributed by atoms with E-state index in [4.69, 9.17) is 23.1 Å². The van der Waals surface area contributed by atoms with Crippen molar-refractivity contribution in [1.29, 1.82) is 0 Å². The van der Waals surface area contributed by atoms with Crippen molar-refractivity contribution in [3.63, 3.8) is 0 Å². The van der Waals surface area contributed by atoms with E-state index in [1.54, 1.807) is 17.9 Å². The third-order valence-corrected chi connectivity index (χ3v) is 3.68. The molecule has 2 amide bonds. The minimum atomic E-state index is -0.566. The number of piperazine rings is 1. The molecule has 0 radical (unpaired) electrons. The van der Waals surface area contributed by atoms with E-state index in [-0.39, 0.29) is 5.91 Å². The molecule has 4 N–H and O–H groups in total. The average Bonchev–Trinajstić information content (AvgIpc) is 2.37. The molecule has 2 rings (SSSR count). The van der Waals surface area contributed by atoms with Crippen molar-refractivity contribution in [3.05, 3.63) is 22.7 Å². The summed E-state index contributed by atoms with van der Waals surface area (Å²) in [6.07, 6.45) is 0. The van der Waals surface area contributed by atoms with Crippen LogP contribution >= 0.6 is 11.6 Å². The number of primary amides is 1. The molecule has 1 heterocycles. The molecule has 1 aliphatic rings. The molecule has 1 aromatic carbocycles. The number of nitrogens with two attached hydrogens (primary N) is 2. The third kappa shape index (κ3) is 2.80. The zero-order chi connectivity index (χ0) is 14.9. The third-order valence-electron chi connectivity index (χ3n) is 3.39. The molecule has 0 aliphatic carbocycles. The first-order valence-corrected chi connectivity index (χ1v) is 6.67. The Morgan fingerprint density at radius 3 is 2.30 bits per heavy atom. The fourth-order valence-corrected chi connectivity index (χ4v) is 2.72. The highest BCUT2D eigenvalue weighted by Gasteiger charge is 2.24. The molecule has 0 saturated carbocycles. The number of nitrogen functional groups attached to an aromatic ring is 1. The molecule has 6 nitrogen and oxygen atoms in total. The van der Waals surface area contributed by atoms with E-state index in [1.807, 2.05) is 4.90 Å². The van der Waals surface area contributed by atoms with Crippen LogP contribution < -0.4 is 16.4 Å². The van der Waals surface area contributed by atoms with Gasteiger partial charge in [-0.3, -0.25) is 9.59 Å². The van der Waals surface area contributed by atoms with Crippen LogP contribution in [0.25, 0.3) is 0 Å². The van der Waals surface area contributed by atoms with Crippen LogP contribution in [0, 0.1) is 0 Å². The van der Waals surface area contributed by atoms with Gasteiger partial charge in [-0.2, -0.15) is 0 Å². The summed E-state index contributed by atoms with van der Waals surface area (Å²) in [5.74, 6) is -0.522. The highest BCUT2D eigenvalue weighted by Crippen LogP contribution is 2.33. The van der Waals surface area contributed by atoms with Crippen LogP contribution in [0.3, 0.4) is 0 Å². The monoisotopic (exact) mass is 296 g/mol. The van der Waals surface area contributed by atoms with Gasteiger partial charge in [0, 0.05) is 38.8 Å². The second-order valence-corrected chi connectivity index (χ2v) is 5.16. The lowest BCUT2D eigenvalue weighted by molar-refractivity contribution is -0.129. The van der Waals surface area contributed by atoms with Crippen molar-refractivity contribution in [2.45, 2.75) is 6.92 Å². The molecule has 0 unspecified atom stereocenters. The molecule has 1 fully saturated rings. The Hall–Kier alpha value is -1.95. The first-order valence-electron chi connectivity index (χ1n) is 6.29. The number of benzene rings is 1. The fraction of sp³-hybridized carbons (Fsp3) is 0.385. The van der Waals surface area contributed by atoms with Crippen LogP contribution in [0.4, 0.5) is 11.4 Å². The van der Waals surface area contributed by atoms with Gasteiger partial charge in [-0.25, -0.2) is 0 Å². The molecule has 1 aromatic rings. The number of halogens is 1. The standard InChI is InChI=1S/C13H17ClN4O2/c1-8(19)17-2-4-18(5-3-17)12-10(13(16)20)6-9(15)7-11(12)14/h6-7H,2-5,15H2,1H3,(H2,16,20). The minimum absolute atomic E-state index is 0.0446. The SMILES string of the molecule is CC(=O)N1CCN(c2c(Cl)cc(N)cc2C(N)=O)CC1. The lowest BCUT2D eigenvalue weighted by Crippen LogP contribution is -2.48. The lowest BCUT2D eigenvalue weighted by atomic mass is 10.1. The molecule has 1 saturated heterocycles. The molecule has 7 heteroatoms. The molecule has 1 aliphatic heterocycles. The summed E-state index contributed by atoms with van der Waals surface area (Å²) < 4.78 is 0. The number of carbonyl (C=O) groups is 2. The topological polar surface area (TPSA) is 92.7 Å². The molecule has 108 valence electrons. The highest BCUT2D eigenvalue weighted by molar-refractivity contribution is 6.34. The number of rotatable bonds is 2. The Kier molecular flexibility index (Phi) is 4.04. The van der Waals surface area contributed by atoms with Crippen molar-refractivity contribution >= 4 is 34.8 Å². The van der Waals surface area contributed by atoms with E-state index >= 15 is 0 Å². The van der Waals surface area contributed by atoms with Crippen LogP contribution in [0.2, 0.25) is 5.02 Å². The quantitative estimate of drug-likeness (QED) is 0.785. The van der Waals surface area contributed by atoms with Gasteiger partial charge in [0.05, 0.1) is 16.3 Å². The van der Waals surface area contributed by atoms with Crippen molar-refractivity contribution in [1.82, 2.24) is 4.90 Å². The molecule has 0 bridgehead atoms. The number of hydrogen-bond donors (Lipinski definition) is 2. The Morgan fingerprint density at radius 2 is 1.80 bits per heavy atom. The van der Waals surface area contributed by atoms with Gasteiger partial charge in [0.15, 0.2) is 0 Å². The Morgan fingerprint density at radius 1 is 1.20 bits per heavy atom. The van der Waals surface area contributed by atoms with E-state index in [0.717, 1.165) is 0 Å². The maximum atomic E-state index is 11.6. The second-order valence-electron chi connectivity index (χ2n) is 4.76. The summed E-state index contributed by atoms with van der Waals surface area (Å²) in [4.78, 5) is 26.6. The van der Waals surface area contributed by atoms with Gasteiger partial charge in [0.1, 0.15) is 0 Å². The Balaban J connectivity index is 2.30. The van der Waals surface area contributed by atoms with E-state index in [1.165, 1.54) is 6.07 Å². The fourth-order valence-electron chi connectivity index (χ4n) is 2.37. The van der Waals surface area contributed by atoms with Gasteiger partial charge in [0.2, 0.25) is 5.91 Å². The van der Waals surface area contributed by atoms with Gasteiger partial charge < -0.3 is 21.3 Å². The molecule has 0 aromatic heterocycles. The van der Waals surface area contributed by atoms with E-state index in [2.05, 4.69) is 0 Å². The zero-order valence-corrected chi connectivity index (χ0v) is 12.0. The highest BCUT2D eigenvalue weighted by atomic mass is 35.5. The molecule has 20 heavy (non-hydrogen) atoms. The van der Waals surface area contributed by atoms with Crippen LogP contribution in [-0.4, -0.2) is 42.9 Å². The zero-order valence-electron chi connectivity index (χ0n) is 11.2. The van der Waals surface area contributed by atoms with Gasteiger partial charge in [-0.15, -0.1) is 0 Å². The first kappa shape index (κ1) is 14.5. The predicted octanol–water partition coefficient (Wildman–Crippen LogP) is 0.690. The van der Waals surface area contributed by atoms with Crippen LogP contribution in [0.1, 0.15) is 17.3 Å². The molecule has 0 spiro atoms. The molecular formula is C13H17ClN4O2. The Bertz CT molecular complexity index is 554. The summed E-state index contributed by atoms with van der Waals surface area (Å²) >= 11 is 6.20. The maximum Gasteiger partial charge on any atom is 0.250 e. The number of carbonyl (C=O) groups excluding carboxylic acids is 2. The van der Waals surface area contributed by atoms with Crippen LogP contribution in [-0.2, 0) is 4.79 Å². The maximum absolute atomic E-state index is 11.6. The van der Waals surface area contributed by atoms with Gasteiger partial charge in [-0.05, 0) is 12.1 Å². The van der Waals surface area contributed by atoms with Crippen LogP contribution in [0.15, 0.2) is 12.1 Å². The summed E-state index contributed by atoms with van der Waals surface area (Å²) in [7, 11) is 0. The number of anilines is 2. The number of nitrogens with zero attached hydrogens (tertiary/aromatic N) is 2. The Labute approximate surface area is 122 Å². The lowest BCUT2D eigenvalue weighted by Gasteiger charge is -2.36. The summed E-state index contributed by atoms with van der Waals surface area (Å²) in [6.45, 7) is 3.93. The van der Waals surface area contributed by atoms with Crippen molar-refractivity contribution in [3.8, 4) is 0 Å². The minimum Gasteiger partial charge on any atom is -0.399 e. The van der Waals surface area contributed by atoms with E-state index in [9.17, 15) is 9.59 Å².